The van der Waals surface area contributed by atoms with Crippen molar-refractivity contribution in [3.63, 3.8) is 0 Å². The van der Waals surface area contributed by atoms with Crippen LogP contribution in [0, 0.1) is 6.92 Å². The lowest BCUT2D eigenvalue weighted by atomic mass is 10.2. The number of thiophene rings is 2. The van der Waals surface area contributed by atoms with Crippen LogP contribution in [-0.2, 0) is 17.9 Å². The molecule has 1 aromatic carbocycles. The van der Waals surface area contributed by atoms with E-state index in [0.717, 1.165) is 18.7 Å². The molecule has 3 aromatic rings. The minimum absolute atomic E-state index is 0.0566. The van der Waals surface area contributed by atoms with E-state index in [1.165, 1.54) is 9.75 Å². The second-order valence-electron chi connectivity index (χ2n) is 5.84. The zero-order chi connectivity index (χ0) is 17.6. The average Bonchev–Trinajstić information content (AvgIpc) is 3.24. The molecular weight excluding hydrogens is 372 g/mol. The van der Waals surface area contributed by atoms with E-state index in [4.69, 9.17) is 11.6 Å². The minimum atomic E-state index is -0.0566. The van der Waals surface area contributed by atoms with Crippen LogP contribution in [0.25, 0.3) is 0 Å². The molecule has 0 fully saturated rings. The molecule has 0 aliphatic rings. The molecule has 0 saturated heterocycles. The molecule has 1 N–H and O–H groups in total. The predicted molar refractivity (Wildman–Crippen MR) is 108 cm³/mol. The number of rotatable bonds is 7. The van der Waals surface area contributed by atoms with Crippen molar-refractivity contribution in [1.82, 2.24) is 4.90 Å². The fourth-order valence-electron chi connectivity index (χ4n) is 2.53. The van der Waals surface area contributed by atoms with Gasteiger partial charge in [0.2, 0.25) is 5.91 Å². The first-order valence-corrected chi connectivity index (χ1v) is 10.1. The van der Waals surface area contributed by atoms with E-state index in [1.54, 1.807) is 22.7 Å². The molecule has 0 radical (unpaired) electrons. The number of hydrogen-bond donors (Lipinski definition) is 1. The third-order valence-corrected chi connectivity index (χ3v) is 5.72. The molecule has 0 aliphatic heterocycles. The van der Waals surface area contributed by atoms with Crippen molar-refractivity contribution in [3.05, 3.63) is 73.6 Å². The maximum atomic E-state index is 12.5. The first-order valence-electron chi connectivity index (χ1n) is 7.93. The second-order valence-corrected chi connectivity index (χ2v) is 8.31. The summed E-state index contributed by atoms with van der Waals surface area (Å²) in [4.78, 5) is 17.2. The monoisotopic (exact) mass is 390 g/mol. The number of amides is 1. The maximum Gasteiger partial charge on any atom is 0.238 e. The lowest BCUT2D eigenvalue weighted by Gasteiger charge is -2.20. The number of aryl methyl sites for hydroxylation is 1. The Kier molecular flexibility index (Phi) is 6.26. The lowest BCUT2D eigenvalue weighted by Crippen LogP contribution is -2.32. The van der Waals surface area contributed by atoms with Crippen molar-refractivity contribution < 1.29 is 4.79 Å². The number of nitrogens with one attached hydrogen (secondary N) is 1. The summed E-state index contributed by atoms with van der Waals surface area (Å²) in [5, 5.41) is 7.61. The Morgan fingerprint density at radius 2 is 1.72 bits per heavy atom. The van der Waals surface area contributed by atoms with Gasteiger partial charge in [0.15, 0.2) is 0 Å². The van der Waals surface area contributed by atoms with Gasteiger partial charge in [-0.3, -0.25) is 9.69 Å². The van der Waals surface area contributed by atoms with E-state index in [-0.39, 0.29) is 5.91 Å². The zero-order valence-electron chi connectivity index (χ0n) is 13.9. The minimum Gasteiger partial charge on any atom is -0.324 e. The number of hydrogen-bond acceptors (Lipinski definition) is 4. The van der Waals surface area contributed by atoms with Crippen LogP contribution in [-0.4, -0.2) is 17.4 Å². The molecular formula is C19H19ClN2OS2. The van der Waals surface area contributed by atoms with Gasteiger partial charge in [-0.15, -0.1) is 22.7 Å². The number of anilines is 1. The summed E-state index contributed by atoms with van der Waals surface area (Å²) in [6.45, 7) is 3.80. The van der Waals surface area contributed by atoms with E-state index >= 15 is 0 Å². The largest absolute Gasteiger partial charge is 0.324 e. The summed E-state index contributed by atoms with van der Waals surface area (Å²) in [5.74, 6) is -0.0566. The van der Waals surface area contributed by atoms with Crippen molar-refractivity contribution in [3.8, 4) is 0 Å². The normalized spacial score (nSPS) is 11.0. The molecule has 3 nitrogen and oxygen atoms in total. The van der Waals surface area contributed by atoms with Crippen LogP contribution in [0.4, 0.5) is 5.69 Å². The molecule has 6 heteroatoms. The van der Waals surface area contributed by atoms with Crippen molar-refractivity contribution in [1.29, 1.82) is 0 Å². The number of carbonyl (C=O) groups is 1. The highest BCUT2D eigenvalue weighted by molar-refractivity contribution is 7.10. The SMILES string of the molecule is Cc1ccc(NC(=O)CN(Cc2cccs2)Cc2cccs2)c(Cl)c1. The van der Waals surface area contributed by atoms with Crippen LogP contribution in [0.1, 0.15) is 15.3 Å². The number of carbonyl (C=O) groups excluding carboxylic acids is 1. The van der Waals surface area contributed by atoms with E-state index in [0.29, 0.717) is 17.3 Å². The summed E-state index contributed by atoms with van der Waals surface area (Å²) >= 11 is 9.63. The Labute approximate surface area is 160 Å². The van der Waals surface area contributed by atoms with Crippen LogP contribution < -0.4 is 5.32 Å². The van der Waals surface area contributed by atoms with Gasteiger partial charge in [0.1, 0.15) is 0 Å². The van der Waals surface area contributed by atoms with E-state index in [1.807, 2.05) is 37.3 Å². The topological polar surface area (TPSA) is 32.3 Å². The van der Waals surface area contributed by atoms with Crippen molar-refractivity contribution in [2.24, 2.45) is 0 Å². The molecule has 0 atom stereocenters. The summed E-state index contributed by atoms with van der Waals surface area (Å²) < 4.78 is 0. The van der Waals surface area contributed by atoms with Gasteiger partial charge in [0.05, 0.1) is 17.3 Å². The van der Waals surface area contributed by atoms with Crippen LogP contribution in [0.3, 0.4) is 0 Å². The molecule has 2 heterocycles. The second kappa shape index (κ2) is 8.63. The molecule has 0 saturated carbocycles. The number of halogens is 1. The summed E-state index contributed by atoms with van der Waals surface area (Å²) in [7, 11) is 0. The third-order valence-electron chi connectivity index (χ3n) is 3.68. The van der Waals surface area contributed by atoms with Crippen LogP contribution >= 0.6 is 34.3 Å². The highest BCUT2D eigenvalue weighted by atomic mass is 35.5. The van der Waals surface area contributed by atoms with E-state index in [2.05, 4.69) is 33.1 Å². The van der Waals surface area contributed by atoms with Crippen molar-refractivity contribution >= 4 is 45.9 Å². The average molecular weight is 391 g/mol. The Bertz CT molecular complexity index is 780. The lowest BCUT2D eigenvalue weighted by molar-refractivity contribution is -0.117. The summed E-state index contributed by atoms with van der Waals surface area (Å²) in [6, 6.07) is 13.9. The smallest absolute Gasteiger partial charge is 0.238 e. The van der Waals surface area contributed by atoms with E-state index < -0.39 is 0 Å². The molecule has 25 heavy (non-hydrogen) atoms. The fraction of sp³-hybridized carbons (Fsp3) is 0.211. The van der Waals surface area contributed by atoms with Crippen LogP contribution in [0.5, 0.6) is 0 Å². The highest BCUT2D eigenvalue weighted by Gasteiger charge is 2.14. The quantitative estimate of drug-likeness (QED) is 0.584. The Morgan fingerprint density at radius 3 is 2.24 bits per heavy atom. The third kappa shape index (κ3) is 5.41. The van der Waals surface area contributed by atoms with Crippen LogP contribution in [0.15, 0.2) is 53.2 Å². The molecule has 1 amide bonds. The maximum absolute atomic E-state index is 12.5. The number of nitrogens with zero attached hydrogens (tertiary/aromatic N) is 1. The molecule has 130 valence electrons. The Balaban J connectivity index is 1.66. The molecule has 0 unspecified atom stereocenters. The predicted octanol–water partition coefficient (Wildman–Crippen LogP) is 5.41. The van der Waals surface area contributed by atoms with Gasteiger partial charge in [-0.1, -0.05) is 29.8 Å². The van der Waals surface area contributed by atoms with Gasteiger partial charge in [-0.25, -0.2) is 0 Å². The zero-order valence-corrected chi connectivity index (χ0v) is 16.3. The van der Waals surface area contributed by atoms with Crippen molar-refractivity contribution in [2.45, 2.75) is 20.0 Å². The van der Waals surface area contributed by atoms with Gasteiger partial charge in [0.25, 0.3) is 0 Å². The first kappa shape index (κ1) is 18.1. The standard InChI is InChI=1S/C19H19ClN2OS2/c1-14-6-7-18(17(20)10-14)21-19(23)13-22(11-15-4-2-8-24-15)12-16-5-3-9-25-16/h2-10H,11-13H2,1H3,(H,21,23). The van der Waals surface area contributed by atoms with Crippen molar-refractivity contribution in [2.75, 3.05) is 11.9 Å². The molecule has 0 aliphatic carbocycles. The number of benzene rings is 1. The Hall–Kier alpha value is -1.66. The summed E-state index contributed by atoms with van der Waals surface area (Å²) in [6.07, 6.45) is 0. The van der Waals surface area contributed by atoms with Gasteiger partial charge in [-0.05, 0) is 47.5 Å². The molecule has 2 aromatic heterocycles. The molecule has 0 spiro atoms. The van der Waals surface area contributed by atoms with E-state index in [9.17, 15) is 4.79 Å². The summed E-state index contributed by atoms with van der Waals surface area (Å²) in [5.41, 5.74) is 1.73. The van der Waals surface area contributed by atoms with Gasteiger partial charge >= 0.3 is 0 Å². The van der Waals surface area contributed by atoms with Gasteiger partial charge in [-0.2, -0.15) is 0 Å². The van der Waals surface area contributed by atoms with Gasteiger partial charge < -0.3 is 5.32 Å². The van der Waals surface area contributed by atoms with Crippen LogP contribution in [0.2, 0.25) is 5.02 Å². The highest BCUT2D eigenvalue weighted by Crippen LogP contribution is 2.23. The Morgan fingerprint density at radius 1 is 1.08 bits per heavy atom. The molecule has 3 rings (SSSR count). The molecule has 0 bridgehead atoms. The first-order chi connectivity index (χ1) is 12.1. The van der Waals surface area contributed by atoms with Gasteiger partial charge in [0, 0.05) is 22.8 Å². The fourth-order valence-corrected chi connectivity index (χ4v) is 4.30.